The molecule has 0 aliphatic carbocycles. The van der Waals surface area contributed by atoms with Crippen molar-refractivity contribution in [2.45, 2.75) is 36.9 Å². The smallest absolute Gasteiger partial charge is 0.335 e. The minimum Gasteiger partial charge on any atom is -0.479 e. The van der Waals surface area contributed by atoms with Crippen LogP contribution >= 0.6 is 11.6 Å². The van der Waals surface area contributed by atoms with Gasteiger partial charge in [-0.05, 0) is 18.2 Å². The third-order valence-electron chi connectivity index (χ3n) is 5.09. The molecule has 10 nitrogen and oxygen atoms in total. The van der Waals surface area contributed by atoms with Gasteiger partial charge >= 0.3 is 5.97 Å². The summed E-state index contributed by atoms with van der Waals surface area (Å²) < 4.78 is 10.6. The van der Waals surface area contributed by atoms with Gasteiger partial charge in [-0.25, -0.2) is 9.79 Å². The molecule has 0 bridgehead atoms. The monoisotopic (exact) mass is 462 g/mol. The fourth-order valence-electron chi connectivity index (χ4n) is 3.47. The quantitative estimate of drug-likeness (QED) is 0.436. The molecular formula is C21H19ClN2O8. The highest BCUT2D eigenvalue weighted by atomic mass is 35.5. The number of ether oxygens (including phenoxy) is 2. The van der Waals surface area contributed by atoms with Crippen LogP contribution in [0.5, 0.6) is 0 Å². The highest BCUT2D eigenvalue weighted by Gasteiger charge is 2.48. The lowest BCUT2D eigenvalue weighted by Crippen LogP contribution is -2.61. The van der Waals surface area contributed by atoms with Crippen molar-refractivity contribution in [3.63, 3.8) is 0 Å². The van der Waals surface area contributed by atoms with E-state index in [9.17, 15) is 30.0 Å². The normalized spacial score (nSPS) is 30.0. The van der Waals surface area contributed by atoms with Crippen LogP contribution in [0.4, 0.5) is 5.69 Å². The molecule has 0 aromatic heterocycles. The van der Waals surface area contributed by atoms with Crippen molar-refractivity contribution in [3.05, 3.63) is 64.7 Å². The first-order valence-electron chi connectivity index (χ1n) is 9.58. The predicted molar refractivity (Wildman–Crippen MR) is 111 cm³/mol. The second kappa shape index (κ2) is 8.94. The Morgan fingerprint density at radius 2 is 1.78 bits per heavy atom. The maximum Gasteiger partial charge on any atom is 0.335 e. The number of hydrogen-bond acceptors (Lipinski definition) is 8. The molecule has 2 aromatic rings. The topological polar surface area (TPSA) is 158 Å². The van der Waals surface area contributed by atoms with Gasteiger partial charge in [0.1, 0.15) is 18.3 Å². The van der Waals surface area contributed by atoms with E-state index in [4.69, 9.17) is 21.1 Å². The summed E-state index contributed by atoms with van der Waals surface area (Å²) in [7, 11) is 0. The fourth-order valence-corrected chi connectivity index (χ4v) is 3.64. The van der Waals surface area contributed by atoms with E-state index in [1.165, 1.54) is 0 Å². The Bertz CT molecular complexity index is 1060. The van der Waals surface area contributed by atoms with Gasteiger partial charge in [0, 0.05) is 16.1 Å². The molecule has 2 aliphatic rings. The summed E-state index contributed by atoms with van der Waals surface area (Å²) in [5.74, 6) is -2.29. The van der Waals surface area contributed by atoms with Gasteiger partial charge in [-0.15, -0.1) is 0 Å². The average Bonchev–Trinajstić information content (AvgIpc) is 2.90. The molecule has 1 amide bonds. The number of hydrogen-bond donors (Lipinski definition) is 5. The molecule has 4 rings (SSSR count). The maximum absolute atomic E-state index is 12.8. The van der Waals surface area contributed by atoms with Crippen LogP contribution in [0.3, 0.4) is 0 Å². The standard InChI is InChI=1S/C21H19ClN2O8/c22-10-6-7-12-11(8-10)13(9-4-2-1-3-5-9)24-19(18(28)23-12)32-21-16(27)14(25)15(26)17(31-21)20(29)30/h1-8,14-17,19,21,25-27H,(H,23,28)(H,29,30)/t14?,15-,16+,17-,19?,21-/m0/s1. The van der Waals surface area contributed by atoms with Crippen molar-refractivity contribution in [2.24, 2.45) is 4.99 Å². The van der Waals surface area contributed by atoms with Gasteiger partial charge in [0.2, 0.25) is 6.23 Å². The molecule has 11 heteroatoms. The Morgan fingerprint density at radius 3 is 2.47 bits per heavy atom. The number of halogens is 1. The number of benzodiazepines with no additional fused rings is 1. The first kappa shape index (κ1) is 22.3. The number of nitrogens with one attached hydrogen (secondary N) is 1. The number of aliphatic hydroxyl groups is 3. The number of amides is 1. The maximum atomic E-state index is 12.8. The summed E-state index contributed by atoms with van der Waals surface area (Å²) >= 11 is 6.15. The van der Waals surface area contributed by atoms with Gasteiger partial charge in [0.25, 0.3) is 5.91 Å². The van der Waals surface area contributed by atoms with E-state index in [2.05, 4.69) is 10.3 Å². The third-order valence-corrected chi connectivity index (χ3v) is 5.32. The average molecular weight is 463 g/mol. The van der Waals surface area contributed by atoms with Crippen LogP contribution < -0.4 is 5.32 Å². The molecule has 32 heavy (non-hydrogen) atoms. The zero-order valence-electron chi connectivity index (χ0n) is 16.3. The van der Waals surface area contributed by atoms with Crippen LogP contribution in [0.15, 0.2) is 53.5 Å². The van der Waals surface area contributed by atoms with Crippen LogP contribution in [-0.4, -0.2) is 74.9 Å². The highest BCUT2D eigenvalue weighted by molar-refractivity contribution is 6.32. The fraction of sp³-hybridized carbons (Fsp3) is 0.286. The van der Waals surface area contributed by atoms with Crippen LogP contribution in [0.2, 0.25) is 5.02 Å². The van der Waals surface area contributed by atoms with Crippen molar-refractivity contribution in [3.8, 4) is 0 Å². The molecule has 168 valence electrons. The van der Waals surface area contributed by atoms with E-state index >= 15 is 0 Å². The Kier molecular flexibility index (Phi) is 6.24. The van der Waals surface area contributed by atoms with Crippen molar-refractivity contribution in [1.29, 1.82) is 0 Å². The molecule has 0 saturated carbocycles. The Hall–Kier alpha value is -2.86. The Labute approximate surface area is 186 Å². The number of carbonyl (C=O) groups is 2. The molecule has 6 atom stereocenters. The number of fused-ring (bicyclic) bond motifs is 1. The summed E-state index contributed by atoms with van der Waals surface area (Å²) in [5.41, 5.74) is 1.93. The highest BCUT2D eigenvalue weighted by Crippen LogP contribution is 2.29. The number of carboxylic acid groups (broad SMARTS) is 1. The number of rotatable bonds is 4. The van der Waals surface area contributed by atoms with E-state index in [0.717, 1.165) is 0 Å². The number of nitrogens with zero attached hydrogens (tertiary/aromatic N) is 1. The van der Waals surface area contributed by atoms with E-state index in [0.29, 0.717) is 27.5 Å². The molecule has 5 N–H and O–H groups in total. The second-order valence-electron chi connectivity index (χ2n) is 7.25. The molecule has 1 fully saturated rings. The lowest BCUT2D eigenvalue weighted by molar-refractivity contribution is -0.300. The Balaban J connectivity index is 1.72. The molecular weight excluding hydrogens is 444 g/mol. The van der Waals surface area contributed by atoms with E-state index in [-0.39, 0.29) is 0 Å². The van der Waals surface area contributed by atoms with Crippen molar-refractivity contribution in [2.75, 3.05) is 5.32 Å². The van der Waals surface area contributed by atoms with Crippen molar-refractivity contribution >= 4 is 34.9 Å². The van der Waals surface area contributed by atoms with E-state index in [1.807, 2.05) is 6.07 Å². The van der Waals surface area contributed by atoms with Crippen LogP contribution in [-0.2, 0) is 19.1 Å². The first-order valence-corrected chi connectivity index (χ1v) is 9.96. The SMILES string of the molecule is O=C1Nc2ccc(Cl)cc2C(c2ccccc2)=NC1O[C@@H]1O[C@H](C(=O)O)[C@@H](O)C(O)[C@H]1O. The molecule has 2 unspecified atom stereocenters. The van der Waals surface area contributed by atoms with Gasteiger partial charge in [-0.2, -0.15) is 0 Å². The third kappa shape index (κ3) is 4.24. The second-order valence-corrected chi connectivity index (χ2v) is 7.68. The molecule has 2 aromatic carbocycles. The molecule has 0 spiro atoms. The van der Waals surface area contributed by atoms with Crippen LogP contribution in [0, 0.1) is 0 Å². The molecule has 0 radical (unpaired) electrons. The predicted octanol–water partition coefficient (Wildman–Crippen LogP) is 0.364. The number of aliphatic hydroxyl groups excluding tert-OH is 3. The summed E-state index contributed by atoms with van der Waals surface area (Å²) in [6.45, 7) is 0. The van der Waals surface area contributed by atoms with Crippen LogP contribution in [0.25, 0.3) is 0 Å². The number of carbonyl (C=O) groups excluding carboxylic acids is 1. The number of carboxylic acids is 1. The number of benzene rings is 2. The minimum atomic E-state index is -1.89. The van der Waals surface area contributed by atoms with Gasteiger partial charge in [0.05, 0.1) is 11.4 Å². The van der Waals surface area contributed by atoms with E-state index in [1.54, 1.807) is 42.5 Å². The van der Waals surface area contributed by atoms with Crippen molar-refractivity contribution in [1.82, 2.24) is 0 Å². The number of anilines is 1. The summed E-state index contributed by atoms with van der Waals surface area (Å²) in [5, 5.41) is 42.4. The van der Waals surface area contributed by atoms with Crippen LogP contribution in [0.1, 0.15) is 11.1 Å². The molecule has 1 saturated heterocycles. The molecule has 2 aliphatic heterocycles. The summed E-state index contributed by atoms with van der Waals surface area (Å²) in [6.07, 6.45) is -10.8. The minimum absolute atomic E-state index is 0.354. The van der Waals surface area contributed by atoms with Gasteiger partial charge in [-0.3, -0.25) is 4.79 Å². The lowest BCUT2D eigenvalue weighted by atomic mass is 9.99. The summed E-state index contributed by atoms with van der Waals surface area (Å²) in [6, 6.07) is 13.7. The lowest BCUT2D eigenvalue weighted by Gasteiger charge is -2.39. The first-order chi connectivity index (χ1) is 15.3. The largest absolute Gasteiger partial charge is 0.479 e. The van der Waals surface area contributed by atoms with Crippen molar-refractivity contribution < 1.29 is 39.5 Å². The van der Waals surface area contributed by atoms with Gasteiger partial charge in [0.15, 0.2) is 12.4 Å². The number of aliphatic imine (C=N–C) groups is 1. The summed E-state index contributed by atoms with van der Waals surface area (Å²) in [4.78, 5) is 28.6. The zero-order chi connectivity index (χ0) is 23.0. The van der Waals surface area contributed by atoms with Gasteiger partial charge in [-0.1, -0.05) is 41.9 Å². The zero-order valence-corrected chi connectivity index (χ0v) is 17.1. The molecule has 2 heterocycles. The number of aliphatic carboxylic acids is 1. The Morgan fingerprint density at radius 1 is 1.06 bits per heavy atom. The van der Waals surface area contributed by atoms with E-state index < -0.39 is 48.8 Å². The van der Waals surface area contributed by atoms with Gasteiger partial charge < -0.3 is 35.2 Å².